The van der Waals surface area contributed by atoms with E-state index in [4.69, 9.17) is 0 Å². The highest BCUT2D eigenvalue weighted by molar-refractivity contribution is 5.61. The van der Waals surface area contributed by atoms with Crippen LogP contribution in [0.2, 0.25) is 0 Å². The summed E-state index contributed by atoms with van der Waals surface area (Å²) in [4.78, 5) is 0. The molecule has 4 rings (SSSR count). The van der Waals surface area contributed by atoms with Crippen LogP contribution in [0.25, 0.3) is 11.8 Å². The van der Waals surface area contributed by atoms with Gasteiger partial charge in [-0.3, -0.25) is 0 Å². The molecule has 0 saturated heterocycles. The molecule has 0 N–H and O–H groups in total. The lowest BCUT2D eigenvalue weighted by atomic mass is 10.1. The maximum absolute atomic E-state index is 12.5. The van der Waals surface area contributed by atoms with Crippen LogP contribution in [0.4, 0.5) is 0 Å². The van der Waals surface area contributed by atoms with Gasteiger partial charge < -0.3 is 5.11 Å². The fourth-order valence-electron chi connectivity index (χ4n) is 2.86. The van der Waals surface area contributed by atoms with Crippen molar-refractivity contribution in [1.29, 1.82) is 0 Å². The SMILES string of the molecule is [O-]/C(c1ccccc1)=c1/ccc2c(c1)C=c1ccccc1=2. The van der Waals surface area contributed by atoms with Crippen LogP contribution in [0.1, 0.15) is 11.1 Å². The summed E-state index contributed by atoms with van der Waals surface area (Å²) >= 11 is 0. The smallest absolute Gasteiger partial charge is 0.0105 e. The average Bonchev–Trinajstić information content (AvgIpc) is 2.92. The molecule has 0 amide bonds. The van der Waals surface area contributed by atoms with E-state index in [9.17, 15) is 5.11 Å². The summed E-state index contributed by atoms with van der Waals surface area (Å²) in [6, 6.07) is 23.7. The Morgan fingerprint density at radius 2 is 1.48 bits per heavy atom. The first-order chi connectivity index (χ1) is 10.3. The van der Waals surface area contributed by atoms with Gasteiger partial charge in [0, 0.05) is 0 Å². The van der Waals surface area contributed by atoms with Crippen molar-refractivity contribution >= 4 is 11.8 Å². The minimum Gasteiger partial charge on any atom is -0.872 e. The van der Waals surface area contributed by atoms with Crippen molar-refractivity contribution in [3.05, 3.63) is 105 Å². The molecule has 3 aromatic rings. The standard InChI is InChI=1S/C20H14O/c21-20(14-6-2-1-3-7-14)16-10-11-19-17(13-16)12-15-8-4-5-9-18(15)19/h1-13,21H/p-1/b20-16-. The second kappa shape index (κ2) is 4.64. The third-order valence-corrected chi connectivity index (χ3v) is 3.91. The Kier molecular flexibility index (Phi) is 2.65. The molecule has 0 spiro atoms. The molecule has 0 saturated carbocycles. The van der Waals surface area contributed by atoms with Gasteiger partial charge in [-0.05, 0) is 44.1 Å². The van der Waals surface area contributed by atoms with Crippen LogP contribution in [-0.4, -0.2) is 0 Å². The fraction of sp³-hybridized carbons (Fsp3) is 0. The Bertz CT molecular complexity index is 1030. The maximum Gasteiger partial charge on any atom is -0.0105 e. The van der Waals surface area contributed by atoms with Crippen LogP contribution in [-0.2, 0) is 0 Å². The highest BCUT2D eigenvalue weighted by Gasteiger charge is 2.01. The molecular formula is C20H13O-. The van der Waals surface area contributed by atoms with E-state index in [1.807, 2.05) is 60.7 Å². The first-order valence-corrected chi connectivity index (χ1v) is 7.01. The first-order valence-electron chi connectivity index (χ1n) is 7.01. The number of hydrogen-bond acceptors (Lipinski definition) is 1. The Morgan fingerprint density at radius 3 is 2.33 bits per heavy atom. The minimum atomic E-state index is 0.0720. The first kappa shape index (κ1) is 12.0. The summed E-state index contributed by atoms with van der Waals surface area (Å²) < 4.78 is 0. The Labute approximate surface area is 122 Å². The van der Waals surface area contributed by atoms with Crippen LogP contribution in [0.3, 0.4) is 0 Å². The quantitative estimate of drug-likeness (QED) is 0.515. The zero-order chi connectivity index (χ0) is 14.2. The third kappa shape index (κ3) is 1.95. The maximum atomic E-state index is 12.5. The number of benzene rings is 3. The molecule has 1 heteroatoms. The van der Waals surface area contributed by atoms with Gasteiger partial charge in [0.2, 0.25) is 0 Å². The Balaban J connectivity index is 2.01. The molecule has 0 aliphatic heterocycles. The van der Waals surface area contributed by atoms with Crippen molar-refractivity contribution < 1.29 is 5.11 Å². The largest absolute Gasteiger partial charge is 0.872 e. The van der Waals surface area contributed by atoms with Crippen molar-refractivity contribution in [1.82, 2.24) is 0 Å². The zero-order valence-electron chi connectivity index (χ0n) is 11.4. The van der Waals surface area contributed by atoms with Gasteiger partial charge in [-0.1, -0.05) is 72.5 Å². The van der Waals surface area contributed by atoms with E-state index in [0.29, 0.717) is 0 Å². The van der Waals surface area contributed by atoms with E-state index < -0.39 is 0 Å². The van der Waals surface area contributed by atoms with Gasteiger partial charge in [0.1, 0.15) is 0 Å². The van der Waals surface area contributed by atoms with Crippen molar-refractivity contribution in [3.8, 4) is 0 Å². The van der Waals surface area contributed by atoms with Crippen molar-refractivity contribution in [2.24, 2.45) is 0 Å². The third-order valence-electron chi connectivity index (χ3n) is 3.91. The van der Waals surface area contributed by atoms with Gasteiger partial charge in [0.05, 0.1) is 0 Å². The molecule has 0 aromatic heterocycles. The fourth-order valence-corrected chi connectivity index (χ4v) is 2.86. The van der Waals surface area contributed by atoms with Crippen molar-refractivity contribution in [2.75, 3.05) is 0 Å². The zero-order valence-corrected chi connectivity index (χ0v) is 11.4. The van der Waals surface area contributed by atoms with Crippen molar-refractivity contribution in [3.63, 3.8) is 0 Å². The molecule has 3 aromatic carbocycles. The van der Waals surface area contributed by atoms with Gasteiger partial charge in [-0.15, -0.1) is 0 Å². The predicted molar refractivity (Wildman–Crippen MR) is 82.3 cm³/mol. The van der Waals surface area contributed by atoms with E-state index in [-0.39, 0.29) is 5.76 Å². The Hall–Kier alpha value is -2.80. The highest BCUT2D eigenvalue weighted by Crippen LogP contribution is 2.09. The number of hydrogen-bond donors (Lipinski definition) is 0. The van der Waals surface area contributed by atoms with Crippen LogP contribution in [0.5, 0.6) is 0 Å². The Morgan fingerprint density at radius 1 is 0.714 bits per heavy atom. The van der Waals surface area contributed by atoms with E-state index in [2.05, 4.69) is 18.2 Å². The van der Waals surface area contributed by atoms with E-state index in [1.54, 1.807) is 0 Å². The van der Waals surface area contributed by atoms with Gasteiger partial charge in [-0.25, -0.2) is 0 Å². The average molecular weight is 269 g/mol. The molecule has 0 radical (unpaired) electrons. The van der Waals surface area contributed by atoms with Crippen LogP contribution < -0.4 is 15.5 Å². The summed E-state index contributed by atoms with van der Waals surface area (Å²) in [7, 11) is 0. The predicted octanol–water partition coefficient (Wildman–Crippen LogP) is 1.63. The summed E-state index contributed by atoms with van der Waals surface area (Å²) in [6.07, 6.45) is 2.15. The highest BCUT2D eigenvalue weighted by atomic mass is 16.3. The normalized spacial score (nSPS) is 13.1. The molecule has 0 heterocycles. The summed E-state index contributed by atoms with van der Waals surface area (Å²) in [6.45, 7) is 0. The van der Waals surface area contributed by atoms with Gasteiger partial charge >= 0.3 is 0 Å². The lowest BCUT2D eigenvalue weighted by Gasteiger charge is -2.12. The minimum absolute atomic E-state index is 0.0720. The van der Waals surface area contributed by atoms with Gasteiger partial charge in [0.15, 0.2) is 0 Å². The molecule has 1 nitrogen and oxygen atoms in total. The molecule has 1 aliphatic rings. The molecule has 100 valence electrons. The topological polar surface area (TPSA) is 23.1 Å². The number of fused-ring (bicyclic) bond motifs is 2. The second-order valence-corrected chi connectivity index (χ2v) is 5.23. The van der Waals surface area contributed by atoms with Crippen LogP contribution in [0.15, 0.2) is 72.8 Å². The van der Waals surface area contributed by atoms with Crippen LogP contribution in [0, 0.1) is 10.4 Å². The molecular weight excluding hydrogens is 256 g/mol. The lowest BCUT2D eigenvalue weighted by molar-refractivity contribution is -0.245. The molecule has 0 bridgehead atoms. The lowest BCUT2D eigenvalue weighted by Crippen LogP contribution is -2.17. The van der Waals surface area contributed by atoms with Gasteiger partial charge in [0.25, 0.3) is 0 Å². The molecule has 1 aliphatic carbocycles. The van der Waals surface area contributed by atoms with Crippen molar-refractivity contribution in [2.45, 2.75) is 0 Å². The van der Waals surface area contributed by atoms with E-state index in [0.717, 1.165) is 16.3 Å². The molecule has 21 heavy (non-hydrogen) atoms. The van der Waals surface area contributed by atoms with E-state index in [1.165, 1.54) is 15.7 Å². The number of rotatable bonds is 1. The monoisotopic (exact) mass is 269 g/mol. The van der Waals surface area contributed by atoms with Gasteiger partial charge in [-0.2, -0.15) is 0 Å². The van der Waals surface area contributed by atoms with E-state index >= 15 is 0 Å². The molecule has 0 fully saturated rings. The summed E-state index contributed by atoms with van der Waals surface area (Å²) in [5.74, 6) is 0.0720. The van der Waals surface area contributed by atoms with Crippen LogP contribution >= 0.6 is 0 Å². The molecule has 0 unspecified atom stereocenters. The molecule has 0 atom stereocenters. The second-order valence-electron chi connectivity index (χ2n) is 5.23. The summed E-state index contributed by atoms with van der Waals surface area (Å²) in [5.41, 5.74) is 1.85. The summed E-state index contributed by atoms with van der Waals surface area (Å²) in [5, 5.41) is 16.9.